The van der Waals surface area contributed by atoms with Gasteiger partial charge in [0.1, 0.15) is 21.3 Å². The van der Waals surface area contributed by atoms with Gasteiger partial charge in [0.15, 0.2) is 0 Å². The number of carbonyl (C=O) groups is 1. The van der Waals surface area contributed by atoms with E-state index in [-0.39, 0.29) is 17.5 Å². The molecule has 2 heterocycles. The van der Waals surface area contributed by atoms with E-state index in [4.69, 9.17) is 9.73 Å². The van der Waals surface area contributed by atoms with Crippen molar-refractivity contribution in [1.82, 2.24) is 9.62 Å². The summed E-state index contributed by atoms with van der Waals surface area (Å²) in [5, 5.41) is 2.67. The predicted octanol–water partition coefficient (Wildman–Crippen LogP) is 3.80. The first kappa shape index (κ1) is 21.5. The highest BCUT2D eigenvalue weighted by Gasteiger charge is 2.39. The molecule has 0 saturated carbocycles. The number of halogens is 1. The number of ether oxygens (including phenoxy) is 1. The fraction of sp³-hybridized carbons (Fsp3) is 0.600. The van der Waals surface area contributed by atoms with Gasteiger partial charge in [-0.15, -0.1) is 0 Å². The molecule has 0 saturated heterocycles. The number of amides is 1. The molecule has 0 radical (unpaired) electrons. The van der Waals surface area contributed by atoms with Crippen LogP contribution in [0.25, 0.3) is 0 Å². The predicted molar refractivity (Wildman–Crippen MR) is 111 cm³/mol. The van der Waals surface area contributed by atoms with E-state index < -0.39 is 27.1 Å². The number of nitrogens with zero attached hydrogens (tertiary/aromatic N) is 3. The molecule has 1 aromatic carbocycles. The molecule has 0 spiro atoms. The fourth-order valence-electron chi connectivity index (χ4n) is 3.46. The van der Waals surface area contributed by atoms with Gasteiger partial charge in [-0.3, -0.25) is 9.62 Å². The summed E-state index contributed by atoms with van der Waals surface area (Å²) in [5.41, 5.74) is -1.31. The summed E-state index contributed by atoms with van der Waals surface area (Å²) in [6.07, 6.45) is 1.23. The number of carbonyl (C=O) groups excluding carboxylic acids is 1. The van der Waals surface area contributed by atoms with Crippen molar-refractivity contribution < 1.29 is 18.1 Å². The van der Waals surface area contributed by atoms with E-state index in [1.165, 1.54) is 6.07 Å². The fourth-order valence-corrected chi connectivity index (χ4v) is 5.80. The summed E-state index contributed by atoms with van der Waals surface area (Å²) in [5.74, 6) is -0.0293. The highest BCUT2D eigenvalue weighted by Crippen LogP contribution is 2.35. The van der Waals surface area contributed by atoms with Crippen molar-refractivity contribution in [1.29, 1.82) is 0 Å². The number of benzene rings is 1. The monoisotopic (exact) mass is 424 g/mol. The van der Waals surface area contributed by atoms with Crippen LogP contribution in [0.4, 0.5) is 9.18 Å². The molecule has 7 nitrogen and oxygen atoms in total. The van der Waals surface area contributed by atoms with Gasteiger partial charge >= 0.3 is 6.09 Å². The van der Waals surface area contributed by atoms with E-state index in [0.717, 1.165) is 12.8 Å². The second-order valence-electron chi connectivity index (χ2n) is 8.54. The first-order valence-corrected chi connectivity index (χ1v) is 11.5. The number of fused-ring (bicyclic) bond motifs is 1. The van der Waals surface area contributed by atoms with Crippen LogP contribution in [0.1, 0.15) is 52.5 Å². The van der Waals surface area contributed by atoms with Crippen LogP contribution in [0, 0.1) is 5.82 Å². The van der Waals surface area contributed by atoms with Crippen LogP contribution in [0.2, 0.25) is 0 Å². The molecular weight excluding hydrogens is 395 g/mol. The molecule has 1 aromatic rings. The molecule has 160 valence electrons. The summed E-state index contributed by atoms with van der Waals surface area (Å²) >= 11 is 0. The Hall–Kier alpha value is -2.16. The minimum Gasteiger partial charge on any atom is -0.444 e. The molecule has 0 unspecified atom stereocenters. The minimum atomic E-state index is -2.80. The van der Waals surface area contributed by atoms with Crippen LogP contribution in [0.3, 0.4) is 0 Å². The molecule has 3 rings (SSSR count). The molecule has 0 bridgehead atoms. The maximum absolute atomic E-state index is 14.6. The van der Waals surface area contributed by atoms with Crippen LogP contribution in [0.15, 0.2) is 33.6 Å². The van der Waals surface area contributed by atoms with Crippen LogP contribution in [-0.4, -0.2) is 45.0 Å². The average Bonchev–Trinajstić information content (AvgIpc) is 2.85. The normalized spacial score (nSPS) is 27.6. The third kappa shape index (κ3) is 4.88. The van der Waals surface area contributed by atoms with Gasteiger partial charge in [-0.25, -0.2) is 22.7 Å². The van der Waals surface area contributed by atoms with Crippen molar-refractivity contribution in [2.24, 2.45) is 9.36 Å². The van der Waals surface area contributed by atoms with E-state index in [1.807, 2.05) is 0 Å². The van der Waals surface area contributed by atoms with Crippen molar-refractivity contribution in [3.63, 3.8) is 0 Å². The Morgan fingerprint density at radius 1 is 1.31 bits per heavy atom. The summed E-state index contributed by atoms with van der Waals surface area (Å²) in [4.78, 5) is 17.2. The summed E-state index contributed by atoms with van der Waals surface area (Å²) < 4.78 is 39.7. The van der Waals surface area contributed by atoms with Crippen LogP contribution in [0.5, 0.6) is 0 Å². The largest absolute Gasteiger partial charge is 0.444 e. The molecule has 9 heteroatoms. The van der Waals surface area contributed by atoms with E-state index in [2.05, 4.69) is 9.68 Å². The number of hydrogen-bond donors (Lipinski definition) is 1. The number of nitrogens with one attached hydrogen (secondary N) is 1. The SMILES string of the molecule is CC(C)(C)OC(=O)NC1=N[C@](C)(c2ccccc2F)CC[S@]2(=O)=NCCCCN12. The molecule has 0 aromatic heterocycles. The van der Waals surface area contributed by atoms with E-state index in [1.54, 1.807) is 50.2 Å². The van der Waals surface area contributed by atoms with Crippen LogP contribution < -0.4 is 5.32 Å². The van der Waals surface area contributed by atoms with Crippen LogP contribution >= 0.6 is 0 Å². The number of aliphatic imine (C=N–C) groups is 1. The van der Waals surface area contributed by atoms with Gasteiger partial charge in [0.25, 0.3) is 0 Å². The number of hydrogen-bond acceptors (Lipinski definition) is 5. The van der Waals surface area contributed by atoms with Crippen molar-refractivity contribution in [3.05, 3.63) is 35.6 Å². The third-order valence-electron chi connectivity index (χ3n) is 4.92. The van der Waals surface area contributed by atoms with E-state index in [0.29, 0.717) is 25.1 Å². The standard InChI is InChI=1S/C20H29FN4O3S/c1-19(2,3)28-18(26)23-17-24-20(4,15-9-5-6-10-16(15)21)11-14-29(27)22-12-7-8-13-25(17)29/h5-6,9-10H,7-8,11-14H2,1-4H3,(H,23,24,26)/t20-,29-/m0/s1. The lowest BCUT2D eigenvalue weighted by Gasteiger charge is -2.28. The Labute approximate surface area is 172 Å². The summed E-state index contributed by atoms with van der Waals surface area (Å²) in [6, 6.07) is 6.41. The molecular formula is C20H29FN4O3S. The highest BCUT2D eigenvalue weighted by molar-refractivity contribution is 7.91. The summed E-state index contributed by atoms with van der Waals surface area (Å²) in [7, 11) is -2.80. The lowest BCUT2D eigenvalue weighted by Crippen LogP contribution is -2.48. The van der Waals surface area contributed by atoms with Crippen molar-refractivity contribution in [2.45, 2.75) is 58.1 Å². The Balaban J connectivity index is 2.08. The van der Waals surface area contributed by atoms with Gasteiger partial charge in [0.05, 0.1) is 17.8 Å². The van der Waals surface area contributed by atoms with Crippen molar-refractivity contribution >= 4 is 22.0 Å². The molecule has 0 aliphatic carbocycles. The quantitative estimate of drug-likeness (QED) is 0.744. The van der Waals surface area contributed by atoms with E-state index in [9.17, 15) is 13.4 Å². The molecule has 1 amide bonds. The first-order chi connectivity index (χ1) is 13.5. The Kier molecular flexibility index (Phi) is 5.89. The van der Waals surface area contributed by atoms with Gasteiger partial charge in [-0.1, -0.05) is 18.2 Å². The van der Waals surface area contributed by atoms with E-state index >= 15 is 0 Å². The molecule has 2 atom stereocenters. The smallest absolute Gasteiger partial charge is 0.414 e. The Morgan fingerprint density at radius 3 is 2.72 bits per heavy atom. The van der Waals surface area contributed by atoms with Gasteiger partial charge < -0.3 is 4.74 Å². The zero-order valence-electron chi connectivity index (χ0n) is 17.4. The summed E-state index contributed by atoms with van der Waals surface area (Å²) in [6.45, 7) is 8.01. The number of guanidine groups is 1. The number of rotatable bonds is 1. The van der Waals surface area contributed by atoms with Crippen LogP contribution in [-0.2, 0) is 20.2 Å². The second kappa shape index (κ2) is 7.93. The molecule has 2 aliphatic heterocycles. The Bertz CT molecular complexity index is 934. The van der Waals surface area contributed by atoms with Crippen molar-refractivity contribution in [2.75, 3.05) is 18.8 Å². The average molecular weight is 425 g/mol. The van der Waals surface area contributed by atoms with Gasteiger partial charge in [-0.05, 0) is 53.0 Å². The lowest BCUT2D eigenvalue weighted by atomic mass is 9.89. The molecule has 2 aliphatic rings. The molecule has 29 heavy (non-hydrogen) atoms. The zero-order valence-corrected chi connectivity index (χ0v) is 18.2. The second-order valence-corrected chi connectivity index (χ2v) is 10.9. The Morgan fingerprint density at radius 2 is 2.03 bits per heavy atom. The highest BCUT2D eigenvalue weighted by atomic mass is 32.2. The van der Waals surface area contributed by atoms with Gasteiger partial charge in [-0.2, -0.15) is 0 Å². The maximum atomic E-state index is 14.6. The molecule has 0 fully saturated rings. The zero-order chi connectivity index (χ0) is 21.3. The maximum Gasteiger partial charge on any atom is 0.414 e. The number of alkyl carbamates (subject to hydrolysis) is 1. The minimum absolute atomic E-state index is 0.123. The first-order valence-electron chi connectivity index (χ1n) is 9.86. The topological polar surface area (TPSA) is 83.4 Å². The van der Waals surface area contributed by atoms with Gasteiger partial charge in [0, 0.05) is 12.1 Å². The lowest BCUT2D eigenvalue weighted by molar-refractivity contribution is 0.0559. The molecule has 1 N–H and O–H groups in total. The third-order valence-corrected chi connectivity index (χ3v) is 7.28. The van der Waals surface area contributed by atoms with Crippen molar-refractivity contribution in [3.8, 4) is 0 Å². The van der Waals surface area contributed by atoms with Gasteiger partial charge in [0.2, 0.25) is 5.96 Å².